The molecule has 0 bridgehead atoms. The van der Waals surface area contributed by atoms with E-state index < -0.39 is 5.82 Å². The summed E-state index contributed by atoms with van der Waals surface area (Å²) in [4.78, 5) is 17.6. The molecule has 16 heavy (non-hydrogen) atoms. The summed E-state index contributed by atoms with van der Waals surface area (Å²) < 4.78 is 13.7. The lowest BCUT2D eigenvalue weighted by atomic mass is 10.2. The normalized spacial score (nSPS) is 10.4. The first-order chi connectivity index (χ1) is 7.56. The van der Waals surface area contributed by atoms with E-state index in [1.807, 2.05) is 0 Å². The largest absolute Gasteiger partial charge is 0.383 e. The quantitative estimate of drug-likeness (QED) is 0.840. The Morgan fingerprint density at radius 3 is 2.81 bits per heavy atom. The van der Waals surface area contributed by atoms with Gasteiger partial charge in [-0.3, -0.25) is 4.79 Å². The van der Waals surface area contributed by atoms with Gasteiger partial charge < -0.3 is 10.7 Å². The van der Waals surface area contributed by atoms with Crippen LogP contribution in [-0.2, 0) is 0 Å². The summed E-state index contributed by atoms with van der Waals surface area (Å²) in [7, 11) is 0. The lowest BCUT2D eigenvalue weighted by molar-refractivity contribution is 0.628. The highest BCUT2D eigenvalue weighted by Gasteiger charge is 2.07. The van der Waals surface area contributed by atoms with Crippen LogP contribution in [0, 0.1) is 5.82 Å². The number of hydrogen-bond donors (Lipinski definition) is 2. The second-order valence-corrected chi connectivity index (χ2v) is 4.00. The van der Waals surface area contributed by atoms with Gasteiger partial charge in [0, 0.05) is 16.1 Å². The molecule has 1 aromatic carbocycles. The van der Waals surface area contributed by atoms with Gasteiger partial charge in [0.25, 0.3) is 5.56 Å². The number of benzene rings is 1. The van der Waals surface area contributed by atoms with Crippen LogP contribution in [0.5, 0.6) is 0 Å². The molecule has 4 nitrogen and oxygen atoms in total. The maximum Gasteiger partial charge on any atom is 0.253 e. The van der Waals surface area contributed by atoms with Gasteiger partial charge in [-0.25, -0.2) is 9.37 Å². The van der Waals surface area contributed by atoms with Crippen LogP contribution >= 0.6 is 15.9 Å². The molecule has 0 radical (unpaired) electrons. The third kappa shape index (κ3) is 2.11. The van der Waals surface area contributed by atoms with Gasteiger partial charge in [-0.2, -0.15) is 0 Å². The molecule has 6 heteroatoms. The molecular weight excluding hydrogens is 277 g/mol. The topological polar surface area (TPSA) is 71.8 Å². The van der Waals surface area contributed by atoms with Crippen LogP contribution in [0.25, 0.3) is 11.4 Å². The van der Waals surface area contributed by atoms with Gasteiger partial charge in [0.2, 0.25) is 0 Å². The van der Waals surface area contributed by atoms with Crippen molar-refractivity contribution in [1.82, 2.24) is 9.97 Å². The highest BCUT2D eigenvalue weighted by Crippen LogP contribution is 2.25. The Hall–Kier alpha value is -1.69. The smallest absolute Gasteiger partial charge is 0.253 e. The summed E-state index contributed by atoms with van der Waals surface area (Å²) in [5, 5.41) is 0. The van der Waals surface area contributed by atoms with E-state index in [0.717, 1.165) is 6.07 Å². The van der Waals surface area contributed by atoms with Crippen LogP contribution in [0.2, 0.25) is 0 Å². The van der Waals surface area contributed by atoms with Crippen molar-refractivity contribution >= 4 is 21.7 Å². The molecule has 0 unspecified atom stereocenters. The molecule has 0 aliphatic carbocycles. The molecule has 0 spiro atoms. The molecule has 82 valence electrons. The number of anilines is 1. The van der Waals surface area contributed by atoms with Crippen LogP contribution in [0.15, 0.2) is 33.5 Å². The molecule has 0 saturated heterocycles. The second kappa shape index (κ2) is 4.05. The molecule has 1 aromatic heterocycles. The van der Waals surface area contributed by atoms with E-state index in [4.69, 9.17) is 5.73 Å². The van der Waals surface area contributed by atoms with Crippen molar-refractivity contribution in [3.63, 3.8) is 0 Å². The Labute approximate surface area is 98.5 Å². The van der Waals surface area contributed by atoms with E-state index >= 15 is 0 Å². The minimum Gasteiger partial charge on any atom is -0.383 e. The van der Waals surface area contributed by atoms with Crippen LogP contribution < -0.4 is 11.3 Å². The number of nitrogens with two attached hydrogens (primary N) is 1. The zero-order valence-electron chi connectivity index (χ0n) is 8.00. The predicted octanol–water partition coefficient (Wildman–Crippen LogP) is 1.92. The Balaban J connectivity index is 2.66. The average Bonchev–Trinajstić information content (AvgIpc) is 2.20. The lowest BCUT2D eigenvalue weighted by Gasteiger charge is -2.04. The maximum absolute atomic E-state index is 13.1. The number of aromatic amines is 1. The Morgan fingerprint density at radius 2 is 2.12 bits per heavy atom. The van der Waals surface area contributed by atoms with Crippen LogP contribution in [0.3, 0.4) is 0 Å². The van der Waals surface area contributed by atoms with Crippen molar-refractivity contribution in [1.29, 1.82) is 0 Å². The van der Waals surface area contributed by atoms with Crippen LogP contribution in [0.4, 0.5) is 10.2 Å². The van der Waals surface area contributed by atoms with Crippen LogP contribution in [0.1, 0.15) is 0 Å². The summed E-state index contributed by atoms with van der Waals surface area (Å²) in [6.07, 6.45) is 0. The summed E-state index contributed by atoms with van der Waals surface area (Å²) in [5.74, 6) is -0.0884. The number of hydrogen-bond acceptors (Lipinski definition) is 3. The summed E-state index contributed by atoms with van der Waals surface area (Å²) in [5.41, 5.74) is 5.52. The number of H-pyrrole nitrogens is 1. The van der Waals surface area contributed by atoms with Crippen molar-refractivity contribution in [2.75, 3.05) is 5.73 Å². The van der Waals surface area contributed by atoms with E-state index in [-0.39, 0.29) is 17.2 Å². The predicted molar refractivity (Wildman–Crippen MR) is 62.4 cm³/mol. The number of rotatable bonds is 1. The first kappa shape index (κ1) is 10.8. The fraction of sp³-hybridized carbons (Fsp3) is 0. The molecule has 2 aromatic rings. The molecule has 0 aliphatic heterocycles. The summed E-state index contributed by atoms with van der Waals surface area (Å²) in [6, 6.07) is 5.27. The highest BCUT2D eigenvalue weighted by atomic mass is 79.9. The molecule has 0 aliphatic rings. The van der Waals surface area contributed by atoms with Gasteiger partial charge in [0.05, 0.1) is 0 Å². The molecule has 3 N–H and O–H groups in total. The van der Waals surface area contributed by atoms with E-state index in [1.165, 1.54) is 18.2 Å². The van der Waals surface area contributed by atoms with Gasteiger partial charge in [-0.15, -0.1) is 0 Å². The number of halogens is 2. The van der Waals surface area contributed by atoms with Gasteiger partial charge in [-0.1, -0.05) is 15.9 Å². The number of aromatic nitrogens is 2. The number of nitrogens with zero attached hydrogens (tertiary/aromatic N) is 1. The molecule has 0 fully saturated rings. The summed E-state index contributed by atoms with van der Waals surface area (Å²) >= 11 is 3.25. The van der Waals surface area contributed by atoms with Crippen molar-refractivity contribution < 1.29 is 4.39 Å². The van der Waals surface area contributed by atoms with Gasteiger partial charge >= 0.3 is 0 Å². The van der Waals surface area contributed by atoms with Crippen LogP contribution in [-0.4, -0.2) is 9.97 Å². The molecule has 0 atom stereocenters. The zero-order chi connectivity index (χ0) is 11.7. The fourth-order valence-corrected chi connectivity index (χ4v) is 1.72. The minimum atomic E-state index is -0.414. The zero-order valence-corrected chi connectivity index (χ0v) is 9.58. The first-order valence-corrected chi connectivity index (χ1v) is 5.18. The number of nitrogen functional groups attached to an aromatic ring is 1. The fourth-order valence-electron chi connectivity index (χ4n) is 1.28. The van der Waals surface area contributed by atoms with E-state index in [9.17, 15) is 9.18 Å². The number of nitrogens with one attached hydrogen (secondary N) is 1. The van der Waals surface area contributed by atoms with E-state index in [0.29, 0.717) is 10.0 Å². The van der Waals surface area contributed by atoms with Crippen molar-refractivity contribution in [3.8, 4) is 11.4 Å². The monoisotopic (exact) mass is 283 g/mol. The third-order valence-electron chi connectivity index (χ3n) is 1.95. The minimum absolute atomic E-state index is 0.0925. The highest BCUT2D eigenvalue weighted by molar-refractivity contribution is 9.10. The van der Waals surface area contributed by atoms with Crippen molar-refractivity contribution in [3.05, 3.63) is 44.9 Å². The van der Waals surface area contributed by atoms with Gasteiger partial charge in [0.1, 0.15) is 17.5 Å². The lowest BCUT2D eigenvalue weighted by Crippen LogP contribution is -2.10. The molecule has 1 heterocycles. The Morgan fingerprint density at radius 1 is 1.38 bits per heavy atom. The van der Waals surface area contributed by atoms with Crippen molar-refractivity contribution in [2.45, 2.75) is 0 Å². The Kier molecular flexibility index (Phi) is 2.74. The maximum atomic E-state index is 13.1. The van der Waals surface area contributed by atoms with E-state index in [1.54, 1.807) is 0 Å². The third-order valence-corrected chi connectivity index (χ3v) is 2.64. The second-order valence-electron chi connectivity index (χ2n) is 3.14. The SMILES string of the molecule is Nc1cc(=O)[nH]c(-c2cc(F)ccc2Br)n1. The standard InChI is InChI=1S/C10H7BrFN3O/c11-7-2-1-5(12)3-6(7)10-14-8(13)4-9(16)15-10/h1-4H,(H3,13,14,15,16). The molecular formula is C10H7BrFN3O. The molecule has 2 rings (SSSR count). The van der Waals surface area contributed by atoms with E-state index in [2.05, 4.69) is 25.9 Å². The Bertz CT molecular complexity index is 597. The van der Waals surface area contributed by atoms with Gasteiger partial charge in [0.15, 0.2) is 0 Å². The van der Waals surface area contributed by atoms with Crippen molar-refractivity contribution in [2.24, 2.45) is 0 Å². The molecule has 0 saturated carbocycles. The first-order valence-electron chi connectivity index (χ1n) is 4.38. The summed E-state index contributed by atoms with van der Waals surface area (Å²) in [6.45, 7) is 0. The average molecular weight is 284 g/mol. The molecule has 0 amide bonds. The van der Waals surface area contributed by atoms with Gasteiger partial charge in [-0.05, 0) is 18.2 Å².